The molecular formula is C24H30N2O. The molecule has 0 heterocycles. The number of benzene rings is 2. The fourth-order valence-electron chi connectivity index (χ4n) is 3.66. The molecule has 1 aliphatic carbocycles. The highest BCUT2D eigenvalue weighted by atomic mass is 16.1. The van der Waals surface area contributed by atoms with Gasteiger partial charge in [-0.25, -0.2) is 0 Å². The second-order valence-corrected chi connectivity index (χ2v) is 7.15. The standard InChI is InChI=1S/C24H30N2O/c1-3-4-16-26-24(27)20-14-13-19-12-11-18-8-5-6-9-21(18)22(23(19)17-20)10-7-15-25-2/h5-6,8-10,13-14,17,25H,3-4,7,11-12,15-16H2,1-2H3,(H,26,27)/b22-10-. The predicted molar refractivity (Wildman–Crippen MR) is 113 cm³/mol. The molecule has 2 N–H and O–H groups in total. The first-order valence-corrected chi connectivity index (χ1v) is 10.1. The molecule has 0 aromatic heterocycles. The molecule has 3 rings (SSSR count). The highest BCUT2D eigenvalue weighted by Crippen LogP contribution is 2.34. The van der Waals surface area contributed by atoms with Gasteiger partial charge < -0.3 is 10.6 Å². The van der Waals surface area contributed by atoms with Crippen molar-refractivity contribution in [2.75, 3.05) is 20.1 Å². The molecule has 142 valence electrons. The second kappa shape index (κ2) is 9.52. The number of carbonyl (C=O) groups excluding carboxylic acids is 1. The normalized spacial score (nSPS) is 14.4. The van der Waals surface area contributed by atoms with Gasteiger partial charge in [0.2, 0.25) is 0 Å². The lowest BCUT2D eigenvalue weighted by atomic mass is 9.92. The van der Waals surface area contributed by atoms with Gasteiger partial charge in [0.25, 0.3) is 5.91 Å². The third-order valence-corrected chi connectivity index (χ3v) is 5.19. The Labute approximate surface area is 162 Å². The summed E-state index contributed by atoms with van der Waals surface area (Å²) in [5.74, 6) is 0.0263. The van der Waals surface area contributed by atoms with Crippen molar-refractivity contribution in [3.63, 3.8) is 0 Å². The quantitative estimate of drug-likeness (QED) is 0.719. The van der Waals surface area contributed by atoms with Crippen LogP contribution >= 0.6 is 0 Å². The topological polar surface area (TPSA) is 41.1 Å². The third-order valence-electron chi connectivity index (χ3n) is 5.19. The predicted octanol–water partition coefficient (Wildman–Crippen LogP) is 4.36. The van der Waals surface area contributed by atoms with Gasteiger partial charge in [-0.15, -0.1) is 0 Å². The van der Waals surface area contributed by atoms with Crippen molar-refractivity contribution in [1.29, 1.82) is 0 Å². The molecule has 0 radical (unpaired) electrons. The third kappa shape index (κ3) is 4.67. The zero-order valence-corrected chi connectivity index (χ0v) is 16.5. The largest absolute Gasteiger partial charge is 0.352 e. The number of hydrogen-bond acceptors (Lipinski definition) is 2. The summed E-state index contributed by atoms with van der Waals surface area (Å²) < 4.78 is 0. The minimum Gasteiger partial charge on any atom is -0.352 e. The Morgan fingerprint density at radius 2 is 1.81 bits per heavy atom. The summed E-state index contributed by atoms with van der Waals surface area (Å²) in [6.45, 7) is 3.81. The first kappa shape index (κ1) is 19.4. The molecule has 0 saturated carbocycles. The maximum atomic E-state index is 12.6. The molecule has 0 unspecified atom stereocenters. The van der Waals surface area contributed by atoms with Crippen molar-refractivity contribution in [3.05, 3.63) is 76.4 Å². The van der Waals surface area contributed by atoms with E-state index in [0.717, 1.165) is 50.8 Å². The average Bonchev–Trinajstić information content (AvgIpc) is 2.85. The van der Waals surface area contributed by atoms with E-state index in [1.807, 2.05) is 13.1 Å². The molecule has 3 nitrogen and oxygen atoms in total. The summed E-state index contributed by atoms with van der Waals surface area (Å²) in [6.07, 6.45) is 7.42. The first-order valence-electron chi connectivity index (χ1n) is 10.1. The van der Waals surface area contributed by atoms with E-state index in [2.05, 4.69) is 60.0 Å². The van der Waals surface area contributed by atoms with Crippen LogP contribution in [0, 0.1) is 0 Å². The van der Waals surface area contributed by atoms with Crippen LogP contribution in [-0.2, 0) is 12.8 Å². The van der Waals surface area contributed by atoms with Crippen molar-refractivity contribution >= 4 is 11.5 Å². The average molecular weight is 363 g/mol. The van der Waals surface area contributed by atoms with E-state index in [4.69, 9.17) is 0 Å². The van der Waals surface area contributed by atoms with Crippen LogP contribution < -0.4 is 10.6 Å². The summed E-state index contributed by atoms with van der Waals surface area (Å²) in [5.41, 5.74) is 7.24. The molecule has 1 aliphatic rings. The van der Waals surface area contributed by atoms with Crippen LogP contribution in [0.5, 0.6) is 0 Å². The first-order chi connectivity index (χ1) is 13.2. The van der Waals surface area contributed by atoms with E-state index in [9.17, 15) is 4.79 Å². The lowest BCUT2D eigenvalue weighted by Gasteiger charge is -2.14. The Morgan fingerprint density at radius 1 is 1.04 bits per heavy atom. The van der Waals surface area contributed by atoms with E-state index in [-0.39, 0.29) is 5.91 Å². The zero-order valence-electron chi connectivity index (χ0n) is 16.5. The number of unbranched alkanes of at least 4 members (excludes halogenated alkanes) is 1. The molecule has 0 bridgehead atoms. The van der Waals surface area contributed by atoms with Gasteiger partial charge >= 0.3 is 0 Å². The maximum absolute atomic E-state index is 12.6. The van der Waals surface area contributed by atoms with Crippen LogP contribution in [0.3, 0.4) is 0 Å². The van der Waals surface area contributed by atoms with Gasteiger partial charge in [0.05, 0.1) is 0 Å². The van der Waals surface area contributed by atoms with E-state index in [0.29, 0.717) is 0 Å². The van der Waals surface area contributed by atoms with Gasteiger partial charge in [-0.3, -0.25) is 4.79 Å². The number of amides is 1. The molecule has 2 aromatic carbocycles. The van der Waals surface area contributed by atoms with E-state index >= 15 is 0 Å². The van der Waals surface area contributed by atoms with Crippen LogP contribution in [-0.4, -0.2) is 26.0 Å². The van der Waals surface area contributed by atoms with Crippen molar-refractivity contribution in [3.8, 4) is 0 Å². The molecule has 0 fully saturated rings. The van der Waals surface area contributed by atoms with Crippen LogP contribution in [0.2, 0.25) is 0 Å². The fraction of sp³-hybridized carbons (Fsp3) is 0.375. The van der Waals surface area contributed by atoms with Crippen LogP contribution in [0.1, 0.15) is 58.8 Å². The van der Waals surface area contributed by atoms with E-state index in [1.54, 1.807) is 0 Å². The van der Waals surface area contributed by atoms with Gasteiger partial charge in [-0.1, -0.05) is 49.8 Å². The number of rotatable bonds is 7. The minimum atomic E-state index is 0.0263. The van der Waals surface area contributed by atoms with Crippen molar-refractivity contribution in [2.24, 2.45) is 0 Å². The van der Waals surface area contributed by atoms with Crippen molar-refractivity contribution in [2.45, 2.75) is 39.0 Å². The monoisotopic (exact) mass is 362 g/mol. The van der Waals surface area contributed by atoms with Gasteiger partial charge in [-0.05, 0) is 79.2 Å². The molecule has 27 heavy (non-hydrogen) atoms. The Kier molecular flexibility index (Phi) is 6.83. The molecule has 0 saturated heterocycles. The highest BCUT2D eigenvalue weighted by molar-refractivity contribution is 5.96. The van der Waals surface area contributed by atoms with Crippen LogP contribution in [0.15, 0.2) is 48.5 Å². The Bertz CT molecular complexity index is 823. The molecule has 2 aromatic rings. The van der Waals surface area contributed by atoms with Crippen molar-refractivity contribution < 1.29 is 4.79 Å². The number of carbonyl (C=O) groups is 1. The Hall–Kier alpha value is -2.39. The van der Waals surface area contributed by atoms with Gasteiger partial charge in [-0.2, -0.15) is 0 Å². The summed E-state index contributed by atoms with van der Waals surface area (Å²) in [7, 11) is 1.98. The molecule has 1 amide bonds. The molecule has 3 heteroatoms. The number of aryl methyl sites for hydroxylation is 2. The van der Waals surface area contributed by atoms with E-state index in [1.165, 1.54) is 27.8 Å². The molecule has 0 atom stereocenters. The Balaban J connectivity index is 1.99. The van der Waals surface area contributed by atoms with Crippen LogP contribution in [0.4, 0.5) is 0 Å². The molecular weight excluding hydrogens is 332 g/mol. The zero-order chi connectivity index (χ0) is 19.1. The van der Waals surface area contributed by atoms with Crippen LogP contribution in [0.25, 0.3) is 5.57 Å². The smallest absolute Gasteiger partial charge is 0.251 e. The van der Waals surface area contributed by atoms with Crippen molar-refractivity contribution in [1.82, 2.24) is 10.6 Å². The SMILES string of the molecule is CCCCNC(=O)c1ccc2c(c1)/C(=C\CCNC)c1ccccc1CC2. The summed E-state index contributed by atoms with van der Waals surface area (Å²) in [6, 6.07) is 14.9. The maximum Gasteiger partial charge on any atom is 0.251 e. The fourth-order valence-corrected chi connectivity index (χ4v) is 3.66. The summed E-state index contributed by atoms with van der Waals surface area (Å²) in [4.78, 5) is 12.6. The Morgan fingerprint density at radius 3 is 2.59 bits per heavy atom. The molecule has 0 aliphatic heterocycles. The van der Waals surface area contributed by atoms with E-state index < -0.39 is 0 Å². The highest BCUT2D eigenvalue weighted by Gasteiger charge is 2.19. The lowest BCUT2D eigenvalue weighted by molar-refractivity contribution is 0.0953. The van der Waals surface area contributed by atoms with Gasteiger partial charge in [0.15, 0.2) is 0 Å². The molecule has 0 spiro atoms. The summed E-state index contributed by atoms with van der Waals surface area (Å²) in [5, 5.41) is 6.26. The van der Waals surface area contributed by atoms with Gasteiger partial charge in [0, 0.05) is 12.1 Å². The number of hydrogen-bond donors (Lipinski definition) is 2. The summed E-state index contributed by atoms with van der Waals surface area (Å²) >= 11 is 0. The lowest BCUT2D eigenvalue weighted by Crippen LogP contribution is -2.24. The van der Waals surface area contributed by atoms with Gasteiger partial charge in [0.1, 0.15) is 0 Å². The minimum absolute atomic E-state index is 0.0263. The number of fused-ring (bicyclic) bond motifs is 2. The second-order valence-electron chi connectivity index (χ2n) is 7.15. The number of nitrogens with one attached hydrogen (secondary N) is 2.